The minimum atomic E-state index is -4.20. The number of hydrogen-bond donors (Lipinski definition) is 1. The van der Waals surface area contributed by atoms with Gasteiger partial charge in [0.15, 0.2) is 0 Å². The van der Waals surface area contributed by atoms with Gasteiger partial charge in [0.1, 0.15) is 17.6 Å². The molecule has 31 heavy (non-hydrogen) atoms. The van der Waals surface area contributed by atoms with Crippen LogP contribution in [0, 0.1) is 17.6 Å². The second kappa shape index (κ2) is 10.6. The van der Waals surface area contributed by atoms with Gasteiger partial charge in [0.2, 0.25) is 11.8 Å². The number of rotatable bonds is 9. The van der Waals surface area contributed by atoms with E-state index < -0.39 is 39.4 Å². The number of nitrogens with zero attached hydrogens (tertiary/aromatic N) is 1. The molecule has 0 bridgehead atoms. The molecule has 0 spiro atoms. The molecule has 0 saturated carbocycles. The Bertz CT molecular complexity index is 1090. The predicted molar refractivity (Wildman–Crippen MR) is 115 cm³/mol. The van der Waals surface area contributed by atoms with Crippen LogP contribution in [0.2, 0.25) is 0 Å². The molecule has 0 aliphatic carbocycles. The fourth-order valence-electron chi connectivity index (χ4n) is 2.80. The van der Waals surface area contributed by atoms with Crippen LogP contribution in [0.1, 0.15) is 18.9 Å². The summed E-state index contributed by atoms with van der Waals surface area (Å²) in [6.45, 7) is 5.01. The van der Waals surface area contributed by atoms with Gasteiger partial charge in [0.05, 0.1) is 11.1 Å². The average molecular weight is 448 g/mol. The second-order valence-corrected chi connectivity index (χ2v) is 8.05. The Morgan fingerprint density at radius 3 is 2.42 bits per heavy atom. The fourth-order valence-corrected chi connectivity index (χ4v) is 3.62. The van der Waals surface area contributed by atoms with Crippen LogP contribution in [-0.4, -0.2) is 26.8 Å². The van der Waals surface area contributed by atoms with E-state index in [4.69, 9.17) is 0 Å². The summed E-state index contributed by atoms with van der Waals surface area (Å²) >= 11 is 0. The van der Waals surface area contributed by atoms with E-state index in [2.05, 4.69) is 6.58 Å². The number of sulfonamides is 1. The van der Waals surface area contributed by atoms with Crippen molar-refractivity contribution < 1.29 is 26.8 Å². The lowest BCUT2D eigenvalue weighted by molar-refractivity contribution is -0.132. The first-order chi connectivity index (χ1) is 14.7. The summed E-state index contributed by atoms with van der Waals surface area (Å²) in [5, 5.41) is 0.812. The molecule has 164 valence electrons. The molecule has 0 fully saturated rings. The van der Waals surface area contributed by atoms with Gasteiger partial charge in [0, 0.05) is 12.6 Å². The summed E-state index contributed by atoms with van der Waals surface area (Å²) in [4.78, 5) is 26.5. The number of carbonyl (C=O) groups is 2. The highest BCUT2D eigenvalue weighted by Crippen LogP contribution is 2.23. The Kier molecular flexibility index (Phi) is 8.21. The highest BCUT2D eigenvalue weighted by molar-refractivity contribution is 7.93. The minimum Gasteiger partial charge on any atom is -0.309 e. The van der Waals surface area contributed by atoms with Crippen LogP contribution >= 0.6 is 0 Å². The van der Waals surface area contributed by atoms with Crippen LogP contribution in [0.25, 0.3) is 6.08 Å². The van der Waals surface area contributed by atoms with Crippen LogP contribution in [-0.2, 0) is 19.6 Å². The number of carbonyl (C=O) groups excluding carboxylic acids is 2. The largest absolute Gasteiger partial charge is 0.309 e. The zero-order valence-corrected chi connectivity index (χ0v) is 17.6. The summed E-state index contributed by atoms with van der Waals surface area (Å²) in [6.07, 6.45) is 2.40. The van der Waals surface area contributed by atoms with Crippen LogP contribution < -0.4 is 9.62 Å². The summed E-state index contributed by atoms with van der Waals surface area (Å²) in [7, 11) is -4.20. The number of anilines is 1. The summed E-state index contributed by atoms with van der Waals surface area (Å²) in [5.74, 6) is -5.19. The molecule has 1 atom stereocenters. The number of amides is 2. The van der Waals surface area contributed by atoms with Gasteiger partial charge in [-0.05, 0) is 37.1 Å². The molecule has 6 nitrogen and oxygen atoms in total. The first-order valence-corrected chi connectivity index (χ1v) is 10.9. The van der Waals surface area contributed by atoms with Gasteiger partial charge in [-0.3, -0.25) is 9.59 Å². The SMILES string of the molecule is C=CCC(C(=O)NS(=O)(=O)C=Cc1ccccc1)C(=O)N(CC)c1ccc(F)cc1F. The number of benzene rings is 2. The molecule has 0 heterocycles. The van der Waals surface area contributed by atoms with Crippen molar-refractivity contribution in [1.82, 2.24) is 4.72 Å². The van der Waals surface area contributed by atoms with Gasteiger partial charge in [-0.2, -0.15) is 0 Å². The second-order valence-electron chi connectivity index (χ2n) is 6.48. The van der Waals surface area contributed by atoms with Gasteiger partial charge in [-0.25, -0.2) is 21.9 Å². The van der Waals surface area contributed by atoms with Crippen molar-refractivity contribution in [1.29, 1.82) is 0 Å². The molecule has 0 aliphatic heterocycles. The number of hydrogen-bond acceptors (Lipinski definition) is 4. The van der Waals surface area contributed by atoms with E-state index in [0.717, 1.165) is 22.4 Å². The fraction of sp³-hybridized carbons (Fsp3) is 0.182. The minimum absolute atomic E-state index is 0.0248. The molecule has 2 amide bonds. The number of halogens is 2. The third kappa shape index (κ3) is 6.58. The third-order valence-electron chi connectivity index (χ3n) is 4.28. The molecular formula is C22H22F2N2O4S. The molecule has 1 N–H and O–H groups in total. The molecule has 2 aromatic carbocycles. The Balaban J connectivity index is 2.24. The van der Waals surface area contributed by atoms with Gasteiger partial charge in [-0.1, -0.05) is 36.4 Å². The monoisotopic (exact) mass is 448 g/mol. The number of nitrogens with one attached hydrogen (secondary N) is 1. The molecule has 2 aromatic rings. The zero-order valence-electron chi connectivity index (χ0n) is 16.8. The van der Waals surface area contributed by atoms with Gasteiger partial charge >= 0.3 is 0 Å². The van der Waals surface area contributed by atoms with Crippen LogP contribution in [0.3, 0.4) is 0 Å². The van der Waals surface area contributed by atoms with E-state index in [1.165, 1.54) is 12.2 Å². The Morgan fingerprint density at radius 2 is 1.84 bits per heavy atom. The highest BCUT2D eigenvalue weighted by atomic mass is 32.2. The third-order valence-corrected chi connectivity index (χ3v) is 5.26. The first kappa shape index (κ1) is 23.9. The molecular weight excluding hydrogens is 426 g/mol. The Labute approximate surface area is 179 Å². The van der Waals surface area contributed by atoms with Crippen LogP contribution in [0.15, 0.2) is 66.6 Å². The standard InChI is InChI=1S/C22H22F2N2O4S/c1-3-8-18(22(28)26(4-2)20-12-11-17(23)15-19(20)24)21(27)25-31(29,30)14-13-16-9-6-5-7-10-16/h3,5-7,9-15,18H,1,4,8H2,2H3,(H,25,27). The van der Waals surface area contributed by atoms with E-state index in [-0.39, 0.29) is 18.7 Å². The topological polar surface area (TPSA) is 83.5 Å². The van der Waals surface area contributed by atoms with E-state index in [1.54, 1.807) is 37.3 Å². The quantitative estimate of drug-likeness (QED) is 0.469. The van der Waals surface area contributed by atoms with Crippen molar-refractivity contribution in [2.24, 2.45) is 5.92 Å². The van der Waals surface area contributed by atoms with Gasteiger partial charge < -0.3 is 4.90 Å². The number of allylic oxidation sites excluding steroid dienone is 1. The van der Waals surface area contributed by atoms with E-state index >= 15 is 0 Å². The Hall–Kier alpha value is -3.33. The maximum Gasteiger partial charge on any atom is 0.257 e. The molecule has 0 aliphatic rings. The molecule has 2 rings (SSSR count). The van der Waals surface area contributed by atoms with Crippen molar-refractivity contribution in [3.8, 4) is 0 Å². The lowest BCUT2D eigenvalue weighted by Crippen LogP contribution is -2.45. The molecule has 0 saturated heterocycles. The smallest absolute Gasteiger partial charge is 0.257 e. The highest BCUT2D eigenvalue weighted by Gasteiger charge is 2.32. The predicted octanol–water partition coefficient (Wildman–Crippen LogP) is 3.63. The zero-order chi connectivity index (χ0) is 23.0. The normalized spacial score (nSPS) is 12.4. The van der Waals surface area contributed by atoms with Crippen molar-refractivity contribution >= 4 is 33.6 Å². The maximum atomic E-state index is 14.2. The maximum absolute atomic E-state index is 14.2. The average Bonchev–Trinajstić information content (AvgIpc) is 2.72. The van der Waals surface area contributed by atoms with Crippen molar-refractivity contribution in [3.05, 3.63) is 83.8 Å². The molecule has 9 heteroatoms. The van der Waals surface area contributed by atoms with Gasteiger partial charge in [-0.15, -0.1) is 6.58 Å². The van der Waals surface area contributed by atoms with E-state index in [9.17, 15) is 26.8 Å². The van der Waals surface area contributed by atoms with Crippen molar-refractivity contribution in [2.75, 3.05) is 11.4 Å². The lowest BCUT2D eigenvalue weighted by Gasteiger charge is -2.25. The van der Waals surface area contributed by atoms with Crippen LogP contribution in [0.4, 0.5) is 14.5 Å². The lowest BCUT2D eigenvalue weighted by atomic mass is 10.0. The summed E-state index contributed by atoms with van der Waals surface area (Å²) < 4.78 is 53.8. The van der Waals surface area contributed by atoms with Crippen molar-refractivity contribution in [3.63, 3.8) is 0 Å². The molecule has 0 aromatic heterocycles. The Morgan fingerprint density at radius 1 is 1.16 bits per heavy atom. The first-order valence-electron chi connectivity index (χ1n) is 9.35. The van der Waals surface area contributed by atoms with Crippen molar-refractivity contribution in [2.45, 2.75) is 13.3 Å². The molecule has 1 unspecified atom stereocenters. The summed E-state index contributed by atoms with van der Waals surface area (Å²) in [6, 6.07) is 11.2. The molecule has 0 radical (unpaired) electrons. The van der Waals surface area contributed by atoms with Gasteiger partial charge in [0.25, 0.3) is 10.0 Å². The van der Waals surface area contributed by atoms with Crippen LogP contribution in [0.5, 0.6) is 0 Å². The van der Waals surface area contributed by atoms with E-state index in [0.29, 0.717) is 11.6 Å². The van der Waals surface area contributed by atoms with E-state index in [1.807, 2.05) is 4.72 Å². The summed E-state index contributed by atoms with van der Waals surface area (Å²) in [5.41, 5.74) is 0.380.